The molecular weight excluding hydrogens is 477 g/mol. The van der Waals surface area contributed by atoms with Crippen LogP contribution in [0.1, 0.15) is 46.4 Å². The molecule has 0 bridgehead atoms. The molecule has 1 aromatic heterocycles. The highest BCUT2D eigenvalue weighted by Crippen LogP contribution is 2.32. The number of alkyl halides is 1. The van der Waals surface area contributed by atoms with Crippen LogP contribution in [0.15, 0.2) is 42.1 Å². The van der Waals surface area contributed by atoms with Gasteiger partial charge in [0.2, 0.25) is 0 Å². The van der Waals surface area contributed by atoms with Gasteiger partial charge in [0.1, 0.15) is 11.9 Å². The molecule has 5 rings (SSSR count). The van der Waals surface area contributed by atoms with Crippen molar-refractivity contribution in [2.45, 2.75) is 31.9 Å². The number of morpholine rings is 1. The van der Waals surface area contributed by atoms with E-state index in [9.17, 15) is 18.8 Å². The zero-order valence-corrected chi connectivity index (χ0v) is 21.0. The third-order valence-corrected chi connectivity index (χ3v) is 7.52. The Hall–Kier alpha value is -3.46. The Morgan fingerprint density at radius 1 is 1.08 bits per heavy atom. The number of carbonyl (C=O) groups is 3. The number of ketones is 1. The molecule has 0 saturated carbocycles. The molecule has 2 amide bonds. The molecule has 1 aromatic carbocycles. The van der Waals surface area contributed by atoms with Gasteiger partial charge in [0.25, 0.3) is 17.6 Å². The SMILES string of the molecule is COc1cc2[nH]cc(C(=O)C(=O)N3CCOCC3)c2cc1C(=O)N1CCC(CC2=CCC(F)C=C2)CC1. The van der Waals surface area contributed by atoms with Gasteiger partial charge in [0.05, 0.1) is 31.5 Å². The molecule has 1 N–H and O–H groups in total. The third kappa shape index (κ3) is 5.32. The number of fused-ring (bicyclic) bond motifs is 1. The standard InChI is InChI=1S/C28H32FN3O5/c1-36-25-16-24-21(23(17-30-24)26(33)28(35)32-10-12-37-13-11-32)15-22(25)27(34)31-8-6-19(7-9-31)14-18-2-4-20(29)5-3-18/h2-4,15-17,19-20,30H,5-14H2,1H3. The highest BCUT2D eigenvalue weighted by atomic mass is 19.1. The van der Waals surface area contributed by atoms with Crippen molar-refractivity contribution >= 4 is 28.5 Å². The first kappa shape index (κ1) is 25.2. The van der Waals surface area contributed by atoms with Gasteiger partial charge in [-0.1, -0.05) is 23.8 Å². The second kappa shape index (κ2) is 10.9. The van der Waals surface area contributed by atoms with Crippen molar-refractivity contribution in [2.75, 3.05) is 46.5 Å². The quantitative estimate of drug-likeness (QED) is 0.474. The van der Waals surface area contributed by atoms with E-state index in [0.717, 1.165) is 19.3 Å². The number of benzene rings is 1. The van der Waals surface area contributed by atoms with E-state index in [4.69, 9.17) is 9.47 Å². The molecule has 8 nitrogen and oxygen atoms in total. The summed E-state index contributed by atoms with van der Waals surface area (Å²) in [4.78, 5) is 45.8. The van der Waals surface area contributed by atoms with Crippen LogP contribution in [-0.2, 0) is 9.53 Å². The van der Waals surface area contributed by atoms with E-state index in [-0.39, 0.29) is 11.5 Å². The molecule has 9 heteroatoms. The van der Waals surface area contributed by atoms with Crippen LogP contribution in [0.2, 0.25) is 0 Å². The second-order valence-electron chi connectivity index (χ2n) is 9.86. The zero-order chi connectivity index (χ0) is 25.9. The first-order chi connectivity index (χ1) is 17.9. The molecule has 2 aliphatic heterocycles. The Labute approximate surface area is 215 Å². The molecular formula is C28H32FN3O5. The van der Waals surface area contributed by atoms with Gasteiger partial charge < -0.3 is 24.3 Å². The highest BCUT2D eigenvalue weighted by molar-refractivity contribution is 6.45. The summed E-state index contributed by atoms with van der Waals surface area (Å²) < 4.78 is 24.1. The summed E-state index contributed by atoms with van der Waals surface area (Å²) >= 11 is 0. The van der Waals surface area contributed by atoms with Crippen LogP contribution in [0.5, 0.6) is 5.75 Å². The summed E-state index contributed by atoms with van der Waals surface area (Å²) in [6.07, 6.45) is 9.16. The normalized spacial score (nSPS) is 20.7. The number of halogens is 1. The number of Topliss-reactive ketones (excluding diaryl/α,β-unsaturated/α-hetero) is 1. The summed E-state index contributed by atoms with van der Waals surface area (Å²) in [6.45, 7) is 2.80. The van der Waals surface area contributed by atoms with Gasteiger partial charge in [0.15, 0.2) is 0 Å². The number of hydrogen-bond acceptors (Lipinski definition) is 5. The van der Waals surface area contributed by atoms with E-state index >= 15 is 0 Å². The fourth-order valence-corrected chi connectivity index (χ4v) is 5.33. The van der Waals surface area contributed by atoms with Crippen LogP contribution in [0.4, 0.5) is 4.39 Å². The molecule has 196 valence electrons. The number of carbonyl (C=O) groups excluding carboxylic acids is 3. The lowest BCUT2D eigenvalue weighted by atomic mass is 9.88. The average molecular weight is 510 g/mol. The zero-order valence-electron chi connectivity index (χ0n) is 21.0. The van der Waals surface area contributed by atoms with Gasteiger partial charge in [-0.25, -0.2) is 4.39 Å². The lowest BCUT2D eigenvalue weighted by Gasteiger charge is -2.33. The Bertz CT molecular complexity index is 1250. The average Bonchev–Trinajstić information content (AvgIpc) is 3.36. The summed E-state index contributed by atoms with van der Waals surface area (Å²) in [5, 5.41) is 0.521. The number of allylic oxidation sites excluding steroid dienone is 4. The predicted octanol–water partition coefficient (Wildman–Crippen LogP) is 3.68. The molecule has 2 aromatic rings. The van der Waals surface area contributed by atoms with Crippen LogP contribution in [0.25, 0.3) is 10.9 Å². The van der Waals surface area contributed by atoms with Crippen LogP contribution in [0, 0.1) is 5.92 Å². The van der Waals surface area contributed by atoms with Crippen molar-refractivity contribution in [3.63, 3.8) is 0 Å². The van der Waals surface area contributed by atoms with Crippen molar-refractivity contribution in [3.05, 3.63) is 53.3 Å². The third-order valence-electron chi connectivity index (χ3n) is 7.52. The number of H-pyrrole nitrogens is 1. The van der Waals surface area contributed by atoms with Crippen LogP contribution < -0.4 is 4.74 Å². The van der Waals surface area contributed by atoms with Crippen molar-refractivity contribution in [3.8, 4) is 5.75 Å². The fourth-order valence-electron chi connectivity index (χ4n) is 5.33. The number of aromatic amines is 1. The molecule has 0 spiro atoms. The van der Waals surface area contributed by atoms with Gasteiger partial charge in [-0.15, -0.1) is 0 Å². The van der Waals surface area contributed by atoms with E-state index < -0.39 is 17.9 Å². The minimum Gasteiger partial charge on any atom is -0.496 e. The number of ether oxygens (including phenoxy) is 2. The highest BCUT2D eigenvalue weighted by Gasteiger charge is 2.30. The number of aromatic nitrogens is 1. The molecule has 1 aliphatic carbocycles. The van der Waals surface area contributed by atoms with Gasteiger partial charge in [0, 0.05) is 55.8 Å². The number of rotatable bonds is 6. The molecule has 3 heterocycles. The molecule has 2 fully saturated rings. The Morgan fingerprint density at radius 3 is 2.51 bits per heavy atom. The van der Waals surface area contributed by atoms with Crippen molar-refractivity contribution in [2.24, 2.45) is 5.92 Å². The molecule has 1 unspecified atom stereocenters. The first-order valence-electron chi connectivity index (χ1n) is 12.9. The van der Waals surface area contributed by atoms with E-state index in [2.05, 4.69) is 4.98 Å². The van der Waals surface area contributed by atoms with Gasteiger partial charge >= 0.3 is 0 Å². The summed E-state index contributed by atoms with van der Waals surface area (Å²) in [6, 6.07) is 3.36. The Balaban J connectivity index is 1.31. The van der Waals surface area contributed by atoms with Crippen LogP contribution in [0.3, 0.4) is 0 Å². The van der Waals surface area contributed by atoms with Gasteiger partial charge in [-0.3, -0.25) is 14.4 Å². The van der Waals surface area contributed by atoms with Crippen molar-refractivity contribution < 1.29 is 28.2 Å². The lowest BCUT2D eigenvalue weighted by Crippen LogP contribution is -2.44. The van der Waals surface area contributed by atoms with Gasteiger partial charge in [-0.05, 0) is 31.2 Å². The lowest BCUT2D eigenvalue weighted by molar-refractivity contribution is -0.130. The predicted molar refractivity (Wildman–Crippen MR) is 137 cm³/mol. The number of nitrogens with zero attached hydrogens (tertiary/aromatic N) is 2. The molecule has 37 heavy (non-hydrogen) atoms. The summed E-state index contributed by atoms with van der Waals surface area (Å²) in [7, 11) is 1.51. The van der Waals surface area contributed by atoms with Crippen molar-refractivity contribution in [1.29, 1.82) is 0 Å². The minimum absolute atomic E-state index is 0.159. The number of piperidine rings is 1. The Kier molecular flexibility index (Phi) is 7.41. The minimum atomic E-state index is -0.885. The number of methoxy groups -OCH3 is 1. The number of hydrogen-bond donors (Lipinski definition) is 1. The molecule has 3 aliphatic rings. The van der Waals surface area contributed by atoms with Crippen LogP contribution >= 0.6 is 0 Å². The number of likely N-dealkylation sites (tertiary alicyclic amines) is 1. The second-order valence-corrected chi connectivity index (χ2v) is 9.86. The van der Waals surface area contributed by atoms with E-state index in [1.165, 1.54) is 23.8 Å². The molecule has 2 saturated heterocycles. The molecule has 0 radical (unpaired) electrons. The fraction of sp³-hybridized carbons (Fsp3) is 0.464. The molecule has 1 atom stereocenters. The number of amides is 2. The first-order valence-corrected chi connectivity index (χ1v) is 12.9. The van der Waals surface area contributed by atoms with Crippen LogP contribution in [-0.4, -0.2) is 85.1 Å². The maximum atomic E-state index is 13.5. The topological polar surface area (TPSA) is 91.9 Å². The van der Waals surface area contributed by atoms with E-state index in [1.54, 1.807) is 18.2 Å². The summed E-state index contributed by atoms with van der Waals surface area (Å²) in [5.74, 6) is -0.477. The van der Waals surface area contributed by atoms with E-state index in [0.29, 0.717) is 73.9 Å². The monoisotopic (exact) mass is 509 g/mol. The summed E-state index contributed by atoms with van der Waals surface area (Å²) in [5.41, 5.74) is 2.40. The van der Waals surface area contributed by atoms with Gasteiger partial charge in [-0.2, -0.15) is 0 Å². The Morgan fingerprint density at radius 2 is 1.84 bits per heavy atom. The maximum absolute atomic E-state index is 13.5. The number of nitrogens with one attached hydrogen (secondary N) is 1. The largest absolute Gasteiger partial charge is 0.496 e. The maximum Gasteiger partial charge on any atom is 0.295 e. The van der Waals surface area contributed by atoms with Crippen molar-refractivity contribution in [1.82, 2.24) is 14.8 Å². The van der Waals surface area contributed by atoms with E-state index in [1.807, 2.05) is 17.1 Å². The smallest absolute Gasteiger partial charge is 0.295 e.